The lowest BCUT2D eigenvalue weighted by atomic mass is 10.1. The first kappa shape index (κ1) is 18.4. The van der Waals surface area contributed by atoms with Crippen LogP contribution in [0, 0.1) is 6.92 Å². The first-order chi connectivity index (χ1) is 13.0. The van der Waals surface area contributed by atoms with Crippen molar-refractivity contribution in [1.82, 2.24) is 9.78 Å². The quantitative estimate of drug-likeness (QED) is 0.636. The third kappa shape index (κ3) is 3.46. The number of ether oxygens (including phenoxy) is 2. The molecule has 0 saturated carbocycles. The first-order valence-corrected chi connectivity index (χ1v) is 8.30. The van der Waals surface area contributed by atoms with Crippen LogP contribution in [-0.4, -0.2) is 28.8 Å². The van der Waals surface area contributed by atoms with Crippen molar-refractivity contribution in [1.29, 1.82) is 0 Å². The molecule has 140 valence electrons. The van der Waals surface area contributed by atoms with Crippen molar-refractivity contribution in [3.63, 3.8) is 0 Å². The fraction of sp³-hybridized carbons (Fsp3) is 0.263. The van der Waals surface area contributed by atoms with Gasteiger partial charge in [0.1, 0.15) is 23.7 Å². The molecular weight excluding hydrogens is 352 g/mol. The highest BCUT2D eigenvalue weighted by molar-refractivity contribution is 6.02. The maximum Gasteiger partial charge on any atom is 0.359 e. The van der Waals surface area contributed by atoms with Gasteiger partial charge in [0.05, 0.1) is 12.5 Å². The smallest absolute Gasteiger partial charge is 0.359 e. The molecule has 3 aromatic rings. The highest BCUT2D eigenvalue weighted by Gasteiger charge is 2.20. The maximum absolute atomic E-state index is 12.6. The van der Waals surface area contributed by atoms with Gasteiger partial charge in [0.15, 0.2) is 5.69 Å². The summed E-state index contributed by atoms with van der Waals surface area (Å²) in [5, 5.41) is 4.93. The molecule has 8 nitrogen and oxygen atoms in total. The van der Waals surface area contributed by atoms with Gasteiger partial charge in [0, 0.05) is 11.9 Å². The topological polar surface area (TPSA) is 101 Å². The summed E-state index contributed by atoms with van der Waals surface area (Å²) in [6, 6.07) is 8.19. The second kappa shape index (κ2) is 7.45. The molecule has 0 amide bonds. The molecule has 0 aliphatic carbocycles. The number of hydrogen-bond acceptors (Lipinski definition) is 7. The molecule has 0 atom stereocenters. The van der Waals surface area contributed by atoms with Gasteiger partial charge in [-0.3, -0.25) is 4.79 Å². The third-order valence-corrected chi connectivity index (χ3v) is 4.08. The number of rotatable bonds is 5. The van der Waals surface area contributed by atoms with Gasteiger partial charge in [-0.2, -0.15) is 5.10 Å². The molecule has 27 heavy (non-hydrogen) atoms. The Bertz CT molecular complexity index is 1080. The fourth-order valence-corrected chi connectivity index (χ4v) is 2.73. The standard InChI is InChI=1S/C19H18N2O6/c1-4-21-17(22)14-8-6-5-7-13(14)16(20-21)19(24)26-10-12-9-15(11(2)27-12)18(23)25-3/h5-9H,4,10H2,1-3H3. The number of carbonyl (C=O) groups excluding carboxylic acids is 2. The highest BCUT2D eigenvalue weighted by atomic mass is 16.5. The van der Waals surface area contributed by atoms with E-state index in [0.29, 0.717) is 28.8 Å². The number of furan rings is 1. The van der Waals surface area contributed by atoms with E-state index < -0.39 is 11.9 Å². The van der Waals surface area contributed by atoms with Crippen molar-refractivity contribution in [2.45, 2.75) is 27.0 Å². The Morgan fingerprint density at radius 3 is 2.56 bits per heavy atom. The maximum atomic E-state index is 12.6. The Labute approximate surface area is 154 Å². The Kier molecular flexibility index (Phi) is 5.07. The summed E-state index contributed by atoms with van der Waals surface area (Å²) in [7, 11) is 1.27. The van der Waals surface area contributed by atoms with E-state index in [1.165, 1.54) is 17.9 Å². The second-order valence-electron chi connectivity index (χ2n) is 5.77. The van der Waals surface area contributed by atoms with Crippen LogP contribution in [0.5, 0.6) is 0 Å². The lowest BCUT2D eigenvalue weighted by molar-refractivity contribution is 0.0436. The molecule has 0 spiro atoms. The molecule has 0 unspecified atom stereocenters. The van der Waals surface area contributed by atoms with E-state index in [2.05, 4.69) is 9.84 Å². The SMILES string of the molecule is CCn1nc(C(=O)OCc2cc(C(=O)OC)c(C)o2)c2ccccc2c1=O. The second-order valence-corrected chi connectivity index (χ2v) is 5.77. The third-order valence-electron chi connectivity index (χ3n) is 4.08. The van der Waals surface area contributed by atoms with E-state index in [0.717, 1.165) is 0 Å². The molecule has 0 bridgehead atoms. The van der Waals surface area contributed by atoms with Gasteiger partial charge in [-0.25, -0.2) is 14.3 Å². The molecule has 8 heteroatoms. The van der Waals surface area contributed by atoms with Crippen LogP contribution in [0.4, 0.5) is 0 Å². The van der Waals surface area contributed by atoms with E-state index in [1.54, 1.807) is 38.1 Å². The van der Waals surface area contributed by atoms with E-state index in [1.807, 2.05) is 0 Å². The van der Waals surface area contributed by atoms with Crippen molar-refractivity contribution < 1.29 is 23.5 Å². The summed E-state index contributed by atoms with van der Waals surface area (Å²) in [4.78, 5) is 36.5. The predicted octanol–water partition coefficient (Wildman–Crippen LogP) is 2.46. The Balaban J connectivity index is 1.88. The number of nitrogens with zero attached hydrogens (tertiary/aromatic N) is 2. The zero-order valence-electron chi connectivity index (χ0n) is 15.1. The average Bonchev–Trinajstić information content (AvgIpc) is 3.06. The molecule has 0 aliphatic rings. The minimum absolute atomic E-state index is 0.0449. The molecule has 1 aromatic carbocycles. The lowest BCUT2D eigenvalue weighted by Crippen LogP contribution is -2.25. The van der Waals surface area contributed by atoms with Crippen LogP contribution in [-0.2, 0) is 22.6 Å². The zero-order valence-corrected chi connectivity index (χ0v) is 15.1. The summed E-state index contributed by atoms with van der Waals surface area (Å²) in [6.45, 7) is 3.52. The largest absolute Gasteiger partial charge is 0.465 e. The van der Waals surface area contributed by atoms with Crippen molar-refractivity contribution in [2.75, 3.05) is 7.11 Å². The Hall–Kier alpha value is -3.42. The normalized spacial score (nSPS) is 10.8. The van der Waals surface area contributed by atoms with Crippen molar-refractivity contribution in [3.8, 4) is 0 Å². The molecule has 3 rings (SSSR count). The predicted molar refractivity (Wildman–Crippen MR) is 95.6 cm³/mol. The Morgan fingerprint density at radius 1 is 1.19 bits per heavy atom. The van der Waals surface area contributed by atoms with E-state index in [-0.39, 0.29) is 23.4 Å². The van der Waals surface area contributed by atoms with Crippen LogP contribution in [0.1, 0.15) is 39.3 Å². The van der Waals surface area contributed by atoms with E-state index >= 15 is 0 Å². The molecule has 0 fully saturated rings. The molecule has 2 heterocycles. The zero-order chi connectivity index (χ0) is 19.6. The number of methoxy groups -OCH3 is 1. The number of fused-ring (bicyclic) bond motifs is 1. The Morgan fingerprint density at radius 2 is 1.89 bits per heavy atom. The fourth-order valence-electron chi connectivity index (χ4n) is 2.73. The van der Waals surface area contributed by atoms with Gasteiger partial charge in [0.2, 0.25) is 0 Å². The summed E-state index contributed by atoms with van der Waals surface area (Å²) >= 11 is 0. The van der Waals surface area contributed by atoms with Gasteiger partial charge < -0.3 is 13.9 Å². The van der Waals surface area contributed by atoms with E-state index in [4.69, 9.17) is 9.15 Å². The van der Waals surface area contributed by atoms with Gasteiger partial charge in [-0.1, -0.05) is 18.2 Å². The van der Waals surface area contributed by atoms with Crippen LogP contribution in [0.3, 0.4) is 0 Å². The van der Waals surface area contributed by atoms with Crippen LogP contribution < -0.4 is 5.56 Å². The van der Waals surface area contributed by atoms with Crippen LogP contribution >= 0.6 is 0 Å². The number of benzene rings is 1. The van der Waals surface area contributed by atoms with Crippen molar-refractivity contribution in [2.24, 2.45) is 0 Å². The average molecular weight is 370 g/mol. The van der Waals surface area contributed by atoms with Crippen LogP contribution in [0.15, 0.2) is 39.5 Å². The monoisotopic (exact) mass is 370 g/mol. The molecule has 2 aromatic heterocycles. The number of hydrogen-bond donors (Lipinski definition) is 0. The summed E-state index contributed by atoms with van der Waals surface area (Å²) < 4.78 is 16.6. The lowest BCUT2D eigenvalue weighted by Gasteiger charge is -2.09. The number of esters is 2. The van der Waals surface area contributed by atoms with Crippen LogP contribution in [0.2, 0.25) is 0 Å². The molecule has 0 saturated heterocycles. The van der Waals surface area contributed by atoms with Gasteiger partial charge in [-0.05, 0) is 26.0 Å². The summed E-state index contributed by atoms with van der Waals surface area (Å²) in [5.74, 6) is -0.552. The van der Waals surface area contributed by atoms with Crippen molar-refractivity contribution >= 4 is 22.7 Å². The first-order valence-electron chi connectivity index (χ1n) is 8.30. The van der Waals surface area contributed by atoms with E-state index in [9.17, 15) is 14.4 Å². The van der Waals surface area contributed by atoms with Crippen LogP contribution in [0.25, 0.3) is 10.8 Å². The molecule has 0 aliphatic heterocycles. The van der Waals surface area contributed by atoms with Gasteiger partial charge in [0.25, 0.3) is 5.56 Å². The minimum Gasteiger partial charge on any atom is -0.465 e. The summed E-state index contributed by atoms with van der Waals surface area (Å²) in [6.07, 6.45) is 0. The van der Waals surface area contributed by atoms with Crippen molar-refractivity contribution in [3.05, 3.63) is 63.5 Å². The summed E-state index contributed by atoms with van der Waals surface area (Å²) in [5.41, 5.74) is 0.0456. The molecule has 0 radical (unpaired) electrons. The van der Waals surface area contributed by atoms with Gasteiger partial charge >= 0.3 is 11.9 Å². The van der Waals surface area contributed by atoms with Gasteiger partial charge in [-0.15, -0.1) is 0 Å². The number of aryl methyl sites for hydroxylation is 2. The highest BCUT2D eigenvalue weighted by Crippen LogP contribution is 2.18. The number of carbonyl (C=O) groups is 2. The minimum atomic E-state index is -0.693. The number of aromatic nitrogens is 2. The molecule has 0 N–H and O–H groups in total. The molecular formula is C19H18N2O6.